The second-order valence-corrected chi connectivity index (χ2v) is 8.88. The normalized spacial score (nSPS) is 14.1. The maximum atomic E-state index is 12.9. The van der Waals surface area contributed by atoms with Crippen LogP contribution in [0.2, 0.25) is 0 Å². The van der Waals surface area contributed by atoms with Crippen LogP contribution in [0.4, 0.5) is 0 Å². The second-order valence-electron chi connectivity index (χ2n) is 5.20. The Bertz CT molecular complexity index is 516. The van der Waals surface area contributed by atoms with E-state index in [0.29, 0.717) is 0 Å². The number of azide groups is 1. The van der Waals surface area contributed by atoms with E-state index in [9.17, 15) is 13.0 Å². The fourth-order valence-corrected chi connectivity index (χ4v) is 4.98. The molecule has 0 bridgehead atoms. The summed E-state index contributed by atoms with van der Waals surface area (Å²) in [5.74, 6) is -1.28. The predicted octanol–water partition coefficient (Wildman–Crippen LogP) is 3.42. The molecule has 22 heavy (non-hydrogen) atoms. The second kappa shape index (κ2) is 9.50. The largest absolute Gasteiger partial charge is 0.361 e. The molecule has 1 atom stereocenters. The summed E-state index contributed by atoms with van der Waals surface area (Å²) in [4.78, 5) is 2.60. The third-order valence-corrected chi connectivity index (χ3v) is 5.35. The summed E-state index contributed by atoms with van der Waals surface area (Å²) in [5.41, 5.74) is 8.24. The summed E-state index contributed by atoms with van der Waals surface area (Å²) < 4.78 is 51.4. The highest BCUT2D eigenvalue weighted by Gasteiger charge is 2.40. The predicted molar refractivity (Wildman–Crippen MR) is 83.0 cm³/mol. The summed E-state index contributed by atoms with van der Waals surface area (Å²) in [6.45, 7) is 6.77. The van der Waals surface area contributed by atoms with Crippen LogP contribution in [0.25, 0.3) is 10.4 Å². The molecule has 0 aliphatic heterocycles. The Hall–Kier alpha value is -0.630. The highest BCUT2D eigenvalue weighted by Crippen LogP contribution is 2.57. The average molecular weight is 357 g/mol. The molecule has 0 heterocycles. The Labute approximate surface area is 131 Å². The van der Waals surface area contributed by atoms with E-state index >= 15 is 0 Å². The van der Waals surface area contributed by atoms with E-state index in [0.717, 1.165) is 6.26 Å². The van der Waals surface area contributed by atoms with Crippen LogP contribution >= 0.6 is 7.60 Å². The van der Waals surface area contributed by atoms with Crippen molar-refractivity contribution in [3.05, 3.63) is 10.4 Å². The van der Waals surface area contributed by atoms with Crippen molar-refractivity contribution in [3.63, 3.8) is 0 Å². The molecule has 0 unspecified atom stereocenters. The van der Waals surface area contributed by atoms with Crippen molar-refractivity contribution in [3.8, 4) is 0 Å². The van der Waals surface area contributed by atoms with Gasteiger partial charge in [0, 0.05) is 11.5 Å². The first-order valence-electron chi connectivity index (χ1n) is 6.86. The molecule has 0 aromatic carbocycles. The smallest absolute Gasteiger partial charge is 0.304 e. The highest BCUT2D eigenvalue weighted by molar-refractivity contribution is 7.86. The number of hydrogen-bond donors (Lipinski definition) is 0. The van der Waals surface area contributed by atoms with Gasteiger partial charge in [0.25, 0.3) is 10.1 Å². The topological polar surface area (TPSA) is 128 Å². The Morgan fingerprint density at radius 3 is 2.05 bits per heavy atom. The number of rotatable bonds is 11. The molecule has 0 saturated carbocycles. The Morgan fingerprint density at radius 2 is 1.68 bits per heavy atom. The molecule has 0 saturated heterocycles. The minimum Gasteiger partial charge on any atom is -0.304 e. The van der Waals surface area contributed by atoms with Gasteiger partial charge in [-0.2, -0.15) is 8.42 Å². The van der Waals surface area contributed by atoms with Crippen LogP contribution in [-0.2, 0) is 27.9 Å². The standard InChI is InChI=1S/C11H24N3O6PS/c1-9(2)18-21(15,19-10(3)4)11(20-22(5,16)17)7-6-8-13-14-12/h9-11H,6-8H2,1-5H3/t11-/m1/s1. The molecule has 0 rings (SSSR count). The molecule has 0 spiro atoms. The summed E-state index contributed by atoms with van der Waals surface area (Å²) in [5, 5.41) is 3.35. The summed E-state index contributed by atoms with van der Waals surface area (Å²) >= 11 is 0. The molecular formula is C11H24N3O6PS. The molecule has 11 heteroatoms. The third-order valence-electron chi connectivity index (χ3n) is 2.13. The van der Waals surface area contributed by atoms with Gasteiger partial charge in [0.2, 0.25) is 0 Å². The minimum atomic E-state index is -3.86. The van der Waals surface area contributed by atoms with Crippen LogP contribution in [0, 0.1) is 0 Å². The minimum absolute atomic E-state index is 0.0583. The monoisotopic (exact) mass is 357 g/mol. The Kier molecular flexibility index (Phi) is 9.22. The quantitative estimate of drug-likeness (QED) is 0.139. The lowest BCUT2D eigenvalue weighted by molar-refractivity contribution is 0.107. The molecule has 0 fully saturated rings. The van der Waals surface area contributed by atoms with Crippen molar-refractivity contribution in [2.24, 2.45) is 5.11 Å². The molecule has 130 valence electrons. The van der Waals surface area contributed by atoms with E-state index in [4.69, 9.17) is 18.8 Å². The summed E-state index contributed by atoms with van der Waals surface area (Å²) in [6.07, 6.45) is 0.336. The van der Waals surface area contributed by atoms with Crippen molar-refractivity contribution in [2.45, 2.75) is 58.6 Å². The van der Waals surface area contributed by atoms with Gasteiger partial charge in [0.05, 0.1) is 18.5 Å². The van der Waals surface area contributed by atoms with E-state index < -0.39 is 35.8 Å². The van der Waals surface area contributed by atoms with Gasteiger partial charge >= 0.3 is 7.60 Å². The van der Waals surface area contributed by atoms with Gasteiger partial charge in [0.15, 0.2) is 5.85 Å². The van der Waals surface area contributed by atoms with Crippen molar-refractivity contribution in [1.29, 1.82) is 0 Å². The molecule has 9 nitrogen and oxygen atoms in total. The van der Waals surface area contributed by atoms with Gasteiger partial charge in [-0.25, -0.2) is 0 Å². The van der Waals surface area contributed by atoms with Crippen molar-refractivity contribution < 1.29 is 26.2 Å². The zero-order chi connectivity index (χ0) is 17.4. The van der Waals surface area contributed by atoms with Crippen molar-refractivity contribution in [2.75, 3.05) is 12.8 Å². The van der Waals surface area contributed by atoms with Gasteiger partial charge in [-0.3, -0.25) is 8.75 Å². The van der Waals surface area contributed by atoms with Gasteiger partial charge in [-0.05, 0) is 46.1 Å². The van der Waals surface area contributed by atoms with Crippen LogP contribution in [0.5, 0.6) is 0 Å². The fraction of sp³-hybridized carbons (Fsp3) is 1.00. The Balaban J connectivity index is 5.32. The van der Waals surface area contributed by atoms with E-state index in [2.05, 4.69) is 10.0 Å². The molecular weight excluding hydrogens is 333 g/mol. The molecule has 0 aliphatic carbocycles. The maximum Gasteiger partial charge on any atom is 0.361 e. The van der Waals surface area contributed by atoms with Crippen LogP contribution in [0.1, 0.15) is 40.5 Å². The van der Waals surface area contributed by atoms with Crippen LogP contribution < -0.4 is 0 Å². The van der Waals surface area contributed by atoms with Crippen molar-refractivity contribution in [1.82, 2.24) is 0 Å². The van der Waals surface area contributed by atoms with E-state index in [1.807, 2.05) is 0 Å². The zero-order valence-electron chi connectivity index (χ0n) is 13.5. The van der Waals surface area contributed by atoms with Crippen molar-refractivity contribution >= 4 is 17.7 Å². The maximum absolute atomic E-state index is 12.9. The molecule has 0 aromatic rings. The average Bonchev–Trinajstić information content (AvgIpc) is 2.29. The fourth-order valence-electron chi connectivity index (χ4n) is 1.59. The number of nitrogens with zero attached hydrogens (tertiary/aromatic N) is 3. The molecule has 0 amide bonds. The van der Waals surface area contributed by atoms with E-state index in [-0.39, 0.29) is 19.4 Å². The van der Waals surface area contributed by atoms with Crippen LogP contribution in [-0.4, -0.2) is 39.3 Å². The zero-order valence-corrected chi connectivity index (χ0v) is 15.2. The lowest BCUT2D eigenvalue weighted by Crippen LogP contribution is -2.24. The molecule has 0 aliphatic rings. The third kappa shape index (κ3) is 9.40. The van der Waals surface area contributed by atoms with Gasteiger partial charge in [-0.1, -0.05) is 5.11 Å². The van der Waals surface area contributed by atoms with E-state index in [1.54, 1.807) is 27.7 Å². The molecule has 0 N–H and O–H groups in total. The SMILES string of the molecule is CC(C)OP(=O)(OC(C)C)[C@H](CCCN=[N+]=[N-])OS(C)(=O)=O. The highest BCUT2D eigenvalue weighted by atomic mass is 32.2. The molecule has 0 aromatic heterocycles. The van der Waals surface area contributed by atoms with Gasteiger partial charge in [0.1, 0.15) is 0 Å². The van der Waals surface area contributed by atoms with Crippen LogP contribution in [0.15, 0.2) is 5.11 Å². The van der Waals surface area contributed by atoms with E-state index in [1.165, 1.54) is 0 Å². The first-order valence-corrected chi connectivity index (χ1v) is 10.3. The summed E-state index contributed by atoms with van der Waals surface area (Å²) in [6, 6.07) is 0. The first-order chi connectivity index (χ1) is 10.00. The van der Waals surface area contributed by atoms with Gasteiger partial charge < -0.3 is 9.05 Å². The first kappa shape index (κ1) is 21.4. The summed E-state index contributed by atoms with van der Waals surface area (Å²) in [7, 11) is -7.68. The van der Waals surface area contributed by atoms with Crippen LogP contribution in [0.3, 0.4) is 0 Å². The lowest BCUT2D eigenvalue weighted by Gasteiger charge is -2.28. The van der Waals surface area contributed by atoms with Gasteiger partial charge in [-0.15, -0.1) is 0 Å². The number of hydrogen-bond acceptors (Lipinski definition) is 7. The lowest BCUT2D eigenvalue weighted by atomic mass is 10.3. The molecule has 0 radical (unpaired) electrons. The Morgan fingerprint density at radius 1 is 1.18 bits per heavy atom.